The Hall–Kier alpha value is -2.09. The number of nitrogens with two attached hydrogens (primary N) is 1. The van der Waals surface area contributed by atoms with Crippen LogP contribution in [-0.4, -0.2) is 41.4 Å². The number of carbonyl (C=O) groups excluding carboxylic acids is 1. The van der Waals surface area contributed by atoms with E-state index in [0.717, 1.165) is 0 Å². The zero-order valence-corrected chi connectivity index (χ0v) is 11.8. The Morgan fingerprint density at radius 1 is 1.63 bits per heavy atom. The van der Waals surface area contributed by atoms with Crippen LogP contribution in [0, 0.1) is 0 Å². The minimum Gasteiger partial charge on any atom is -0.465 e. The van der Waals surface area contributed by atoms with Gasteiger partial charge in [0.2, 0.25) is 5.13 Å². The number of carbonyl (C=O) groups is 1. The van der Waals surface area contributed by atoms with E-state index in [9.17, 15) is 4.79 Å². The van der Waals surface area contributed by atoms with Crippen LogP contribution < -0.4 is 10.6 Å². The number of esters is 1. The number of ether oxygens (including phenoxy) is 1. The van der Waals surface area contributed by atoms with Gasteiger partial charge in [0.05, 0.1) is 7.11 Å². The highest BCUT2D eigenvalue weighted by Gasteiger charge is 2.26. The van der Waals surface area contributed by atoms with Crippen molar-refractivity contribution in [1.29, 1.82) is 0 Å². The number of hydrogen-bond acceptors (Lipinski definition) is 7. The summed E-state index contributed by atoms with van der Waals surface area (Å²) in [6, 6.07) is 0. The van der Waals surface area contributed by atoms with Crippen LogP contribution in [0.15, 0.2) is 11.6 Å². The van der Waals surface area contributed by atoms with Gasteiger partial charge in [-0.05, 0) is 6.92 Å². The summed E-state index contributed by atoms with van der Waals surface area (Å²) in [6.45, 7) is 2.65. The highest BCUT2D eigenvalue weighted by Crippen LogP contribution is 2.28. The third-order valence-electron chi connectivity index (χ3n) is 2.73. The molecule has 8 heteroatoms. The van der Waals surface area contributed by atoms with Gasteiger partial charge in [0, 0.05) is 25.2 Å². The van der Waals surface area contributed by atoms with Gasteiger partial charge in [0.1, 0.15) is 11.4 Å². The monoisotopic (exact) mass is 281 g/mol. The number of rotatable bonds is 4. The van der Waals surface area contributed by atoms with Gasteiger partial charge < -0.3 is 15.4 Å². The van der Waals surface area contributed by atoms with E-state index in [-0.39, 0.29) is 11.4 Å². The Morgan fingerprint density at radius 3 is 2.89 bits per heavy atom. The zero-order chi connectivity index (χ0) is 14.0. The lowest BCUT2D eigenvalue weighted by Gasteiger charge is -2.14. The number of anilines is 2. The number of thiazole rings is 1. The second kappa shape index (κ2) is 5.27. The molecule has 0 radical (unpaired) electrons. The molecule has 0 aliphatic rings. The van der Waals surface area contributed by atoms with E-state index >= 15 is 0 Å². The van der Waals surface area contributed by atoms with E-state index in [2.05, 4.69) is 10.1 Å². The smallest absolute Gasteiger partial charge is 0.345 e. The Labute approximate surface area is 114 Å². The van der Waals surface area contributed by atoms with Gasteiger partial charge in [-0.15, -0.1) is 16.4 Å². The molecular weight excluding hydrogens is 266 g/mol. The molecule has 2 aromatic heterocycles. The predicted octanol–water partition coefficient (Wildman–Crippen LogP) is 1.15. The molecule has 102 valence electrons. The Morgan fingerprint density at radius 2 is 2.37 bits per heavy atom. The first-order chi connectivity index (χ1) is 9.10. The van der Waals surface area contributed by atoms with Gasteiger partial charge in [-0.25, -0.2) is 9.78 Å². The van der Waals surface area contributed by atoms with Crippen molar-refractivity contribution in [2.24, 2.45) is 0 Å². The lowest BCUT2D eigenvalue weighted by molar-refractivity contribution is 0.0602. The molecule has 0 saturated carbocycles. The Balaban J connectivity index is 2.60. The molecule has 0 aliphatic carbocycles. The second-order valence-corrected chi connectivity index (χ2v) is 4.69. The van der Waals surface area contributed by atoms with E-state index < -0.39 is 5.97 Å². The van der Waals surface area contributed by atoms with Crippen molar-refractivity contribution in [2.75, 3.05) is 31.3 Å². The molecule has 7 nitrogen and oxygen atoms in total. The molecule has 0 saturated heterocycles. The van der Waals surface area contributed by atoms with Crippen LogP contribution in [0.2, 0.25) is 0 Å². The largest absolute Gasteiger partial charge is 0.465 e. The number of hydrogen-bond donors (Lipinski definition) is 1. The molecule has 2 N–H and O–H groups in total. The fourth-order valence-corrected chi connectivity index (χ4v) is 2.20. The maximum Gasteiger partial charge on any atom is 0.345 e. The van der Waals surface area contributed by atoms with E-state index in [4.69, 9.17) is 10.5 Å². The third-order valence-corrected chi connectivity index (χ3v) is 3.48. The molecule has 0 bridgehead atoms. The first-order valence-electron chi connectivity index (χ1n) is 5.68. The van der Waals surface area contributed by atoms with Crippen molar-refractivity contribution < 1.29 is 9.53 Å². The first kappa shape index (κ1) is 13.3. The molecule has 2 aromatic rings. The zero-order valence-electron chi connectivity index (χ0n) is 11.0. The van der Waals surface area contributed by atoms with Crippen molar-refractivity contribution >= 4 is 28.9 Å². The van der Waals surface area contributed by atoms with Crippen molar-refractivity contribution in [1.82, 2.24) is 14.8 Å². The second-order valence-electron chi connectivity index (χ2n) is 3.82. The third kappa shape index (κ3) is 2.26. The summed E-state index contributed by atoms with van der Waals surface area (Å²) >= 11 is 1.39. The van der Waals surface area contributed by atoms with Crippen LogP contribution in [0.5, 0.6) is 0 Å². The molecule has 0 aromatic carbocycles. The summed E-state index contributed by atoms with van der Waals surface area (Å²) in [5, 5.41) is 6.78. The minimum absolute atomic E-state index is 0.233. The van der Waals surface area contributed by atoms with Crippen molar-refractivity contribution in [3.05, 3.63) is 17.1 Å². The van der Waals surface area contributed by atoms with Crippen molar-refractivity contribution in [3.63, 3.8) is 0 Å². The maximum absolute atomic E-state index is 11.9. The van der Waals surface area contributed by atoms with Crippen LogP contribution >= 0.6 is 11.3 Å². The molecule has 0 fully saturated rings. The van der Waals surface area contributed by atoms with Gasteiger partial charge in [0.15, 0.2) is 5.82 Å². The molecule has 0 atom stereocenters. The summed E-state index contributed by atoms with van der Waals surface area (Å²) in [6.07, 6.45) is 1.65. The standard InChI is InChI=1S/C11H15N5O2S/c1-4-15(2)9-7(10(17)18-3)8(12)16(14-9)11-13-5-6-19-11/h5-6H,4,12H2,1-3H3. The summed E-state index contributed by atoms with van der Waals surface area (Å²) < 4.78 is 6.22. The SMILES string of the molecule is CCN(C)c1nn(-c2nccs2)c(N)c1C(=O)OC. The summed E-state index contributed by atoms with van der Waals surface area (Å²) in [5.74, 6) is 0.217. The van der Waals surface area contributed by atoms with E-state index in [0.29, 0.717) is 17.5 Å². The van der Waals surface area contributed by atoms with Crippen LogP contribution in [-0.2, 0) is 4.74 Å². The maximum atomic E-state index is 11.9. The number of methoxy groups -OCH3 is 1. The van der Waals surface area contributed by atoms with Crippen molar-refractivity contribution in [3.8, 4) is 5.13 Å². The highest BCUT2D eigenvalue weighted by atomic mass is 32.1. The summed E-state index contributed by atoms with van der Waals surface area (Å²) in [7, 11) is 3.15. The van der Waals surface area contributed by atoms with E-state index in [1.807, 2.05) is 24.3 Å². The van der Waals surface area contributed by atoms with E-state index in [1.165, 1.54) is 23.1 Å². The van der Waals surface area contributed by atoms with Gasteiger partial charge in [-0.2, -0.15) is 4.68 Å². The molecule has 2 rings (SSSR count). The topological polar surface area (TPSA) is 86.3 Å². The van der Waals surface area contributed by atoms with Crippen LogP contribution in [0.4, 0.5) is 11.6 Å². The molecule has 2 heterocycles. The average molecular weight is 281 g/mol. The quantitative estimate of drug-likeness (QED) is 0.846. The number of nitrogens with zero attached hydrogens (tertiary/aromatic N) is 4. The van der Waals surface area contributed by atoms with Gasteiger partial charge >= 0.3 is 5.97 Å². The van der Waals surface area contributed by atoms with Crippen molar-refractivity contribution in [2.45, 2.75) is 6.92 Å². The lowest BCUT2D eigenvalue weighted by Crippen LogP contribution is -2.19. The lowest BCUT2D eigenvalue weighted by atomic mass is 10.3. The molecule has 0 unspecified atom stereocenters. The molecule has 0 amide bonds. The number of aromatic nitrogens is 3. The van der Waals surface area contributed by atoms with E-state index in [1.54, 1.807) is 6.20 Å². The fourth-order valence-electron chi connectivity index (χ4n) is 1.60. The summed E-state index contributed by atoms with van der Waals surface area (Å²) in [5.41, 5.74) is 6.27. The van der Waals surface area contributed by atoms with Crippen LogP contribution in [0.1, 0.15) is 17.3 Å². The molecule has 0 aliphatic heterocycles. The highest BCUT2D eigenvalue weighted by molar-refractivity contribution is 7.12. The summed E-state index contributed by atoms with van der Waals surface area (Å²) in [4.78, 5) is 17.8. The molecule has 0 spiro atoms. The van der Waals surface area contributed by atoms with Gasteiger partial charge in [-0.3, -0.25) is 0 Å². The Bertz CT molecular complexity index is 578. The molecular formula is C11H15N5O2S. The van der Waals surface area contributed by atoms with Crippen LogP contribution in [0.25, 0.3) is 5.13 Å². The number of nitrogen functional groups attached to an aromatic ring is 1. The van der Waals surface area contributed by atoms with Gasteiger partial charge in [0.25, 0.3) is 0 Å². The predicted molar refractivity (Wildman–Crippen MR) is 73.9 cm³/mol. The molecule has 19 heavy (non-hydrogen) atoms. The fraction of sp³-hybridized carbons (Fsp3) is 0.364. The normalized spacial score (nSPS) is 10.5. The minimum atomic E-state index is -0.504. The van der Waals surface area contributed by atoms with Gasteiger partial charge in [-0.1, -0.05) is 0 Å². The van der Waals surface area contributed by atoms with Crippen LogP contribution in [0.3, 0.4) is 0 Å². The Kier molecular flexibility index (Phi) is 3.70. The average Bonchev–Trinajstić information content (AvgIpc) is 3.04. The first-order valence-corrected chi connectivity index (χ1v) is 6.55.